The van der Waals surface area contributed by atoms with Crippen molar-refractivity contribution in [2.45, 2.75) is 6.92 Å². The second-order valence-corrected chi connectivity index (χ2v) is 3.61. The minimum absolute atomic E-state index is 0.775. The number of hydrogen-bond donors (Lipinski definition) is 0. The van der Waals surface area contributed by atoms with Gasteiger partial charge in [0.05, 0.1) is 6.61 Å². The van der Waals surface area contributed by atoms with Gasteiger partial charge in [-0.05, 0) is 13.0 Å². The summed E-state index contributed by atoms with van der Waals surface area (Å²) in [6.07, 6.45) is 2.01. The molecule has 0 N–H and O–H groups in total. The Morgan fingerprint density at radius 3 is 3.00 bits per heavy atom. The van der Waals surface area contributed by atoms with E-state index < -0.39 is 0 Å². The van der Waals surface area contributed by atoms with Crippen molar-refractivity contribution in [1.29, 1.82) is 0 Å². The zero-order valence-corrected chi connectivity index (χ0v) is 7.54. The highest BCUT2D eigenvalue weighted by Gasteiger charge is 2.10. The molecule has 1 aliphatic rings. The van der Waals surface area contributed by atoms with Gasteiger partial charge < -0.3 is 4.74 Å². The number of ether oxygens (including phenoxy) is 1. The largest absolute Gasteiger partial charge is 0.492 e. The van der Waals surface area contributed by atoms with Crippen LogP contribution in [0.5, 0.6) is 0 Å². The van der Waals surface area contributed by atoms with Crippen LogP contribution >= 0.6 is 11.8 Å². The van der Waals surface area contributed by atoms with Gasteiger partial charge in [0, 0.05) is 10.7 Å². The van der Waals surface area contributed by atoms with Crippen molar-refractivity contribution in [3.8, 4) is 0 Å². The van der Waals surface area contributed by atoms with Crippen LogP contribution in [-0.2, 0) is 4.74 Å². The van der Waals surface area contributed by atoms with Crippen LogP contribution in [0.3, 0.4) is 0 Å². The van der Waals surface area contributed by atoms with Crippen molar-refractivity contribution in [3.05, 3.63) is 35.5 Å². The molecular formula is C9H12OS. The first-order valence-electron chi connectivity index (χ1n) is 3.52. The van der Waals surface area contributed by atoms with Gasteiger partial charge in [0.1, 0.15) is 5.76 Å². The summed E-state index contributed by atoms with van der Waals surface area (Å²) in [6.45, 7) is 10.3. The predicted octanol–water partition coefficient (Wildman–Crippen LogP) is 2.72. The van der Waals surface area contributed by atoms with Crippen LogP contribution in [0.2, 0.25) is 0 Å². The van der Waals surface area contributed by atoms with Gasteiger partial charge in [-0.25, -0.2) is 0 Å². The highest BCUT2D eigenvalue weighted by molar-refractivity contribution is 8.03. The Morgan fingerprint density at radius 1 is 1.73 bits per heavy atom. The van der Waals surface area contributed by atoms with Crippen LogP contribution < -0.4 is 0 Å². The fourth-order valence-electron chi connectivity index (χ4n) is 0.814. The second kappa shape index (κ2) is 3.67. The molecule has 0 spiro atoms. The SMILES string of the molecule is C=C(C)/C=C1/SCCOC1=C. The summed E-state index contributed by atoms with van der Waals surface area (Å²) in [5, 5.41) is 0. The molecule has 1 aliphatic heterocycles. The first-order chi connectivity index (χ1) is 5.20. The standard InChI is InChI=1S/C9H12OS/c1-7(2)6-9-8(3)10-4-5-11-9/h6H,1,3-5H2,2H3/b9-6+. The number of thioether (sulfide) groups is 1. The maximum absolute atomic E-state index is 5.27. The third kappa shape index (κ3) is 2.46. The van der Waals surface area contributed by atoms with Crippen molar-refractivity contribution in [1.82, 2.24) is 0 Å². The third-order valence-electron chi connectivity index (χ3n) is 1.27. The van der Waals surface area contributed by atoms with Gasteiger partial charge in [0.25, 0.3) is 0 Å². The molecule has 0 radical (unpaired) electrons. The zero-order chi connectivity index (χ0) is 8.27. The van der Waals surface area contributed by atoms with E-state index in [1.54, 1.807) is 11.8 Å². The van der Waals surface area contributed by atoms with E-state index in [0.717, 1.165) is 28.6 Å². The van der Waals surface area contributed by atoms with Gasteiger partial charge in [-0.2, -0.15) is 0 Å². The molecular weight excluding hydrogens is 156 g/mol. The fourth-order valence-corrected chi connectivity index (χ4v) is 1.71. The molecule has 1 fully saturated rings. The number of rotatable bonds is 1. The highest BCUT2D eigenvalue weighted by Crippen LogP contribution is 2.28. The molecule has 0 unspecified atom stereocenters. The lowest BCUT2D eigenvalue weighted by Gasteiger charge is -2.17. The lowest BCUT2D eigenvalue weighted by atomic mass is 10.3. The molecule has 1 nitrogen and oxygen atoms in total. The van der Waals surface area contributed by atoms with Crippen molar-refractivity contribution in [3.63, 3.8) is 0 Å². The molecule has 0 aromatic carbocycles. The summed E-state index contributed by atoms with van der Waals surface area (Å²) in [6, 6.07) is 0. The third-order valence-corrected chi connectivity index (χ3v) is 2.30. The van der Waals surface area contributed by atoms with Crippen LogP contribution in [0.1, 0.15) is 6.92 Å². The Morgan fingerprint density at radius 2 is 2.45 bits per heavy atom. The summed E-state index contributed by atoms with van der Waals surface area (Å²) in [5.74, 6) is 1.79. The van der Waals surface area contributed by atoms with Gasteiger partial charge in [-0.15, -0.1) is 11.8 Å². The van der Waals surface area contributed by atoms with Crippen LogP contribution in [0.15, 0.2) is 35.5 Å². The molecule has 1 saturated heterocycles. The second-order valence-electron chi connectivity index (χ2n) is 2.48. The first kappa shape index (κ1) is 8.47. The van der Waals surface area contributed by atoms with Crippen LogP contribution in [0.4, 0.5) is 0 Å². The average Bonchev–Trinajstić information content (AvgIpc) is 1.93. The van der Waals surface area contributed by atoms with Crippen molar-refractivity contribution in [2.75, 3.05) is 12.4 Å². The fraction of sp³-hybridized carbons (Fsp3) is 0.333. The maximum Gasteiger partial charge on any atom is 0.125 e. The first-order valence-corrected chi connectivity index (χ1v) is 4.51. The molecule has 11 heavy (non-hydrogen) atoms. The average molecular weight is 168 g/mol. The van der Waals surface area contributed by atoms with E-state index in [4.69, 9.17) is 4.74 Å². The smallest absolute Gasteiger partial charge is 0.125 e. The predicted molar refractivity (Wildman–Crippen MR) is 50.4 cm³/mol. The minimum atomic E-state index is 0.775. The summed E-state index contributed by atoms with van der Waals surface area (Å²) in [5.41, 5.74) is 1.04. The topological polar surface area (TPSA) is 9.23 Å². The van der Waals surface area contributed by atoms with E-state index in [9.17, 15) is 0 Å². The monoisotopic (exact) mass is 168 g/mol. The summed E-state index contributed by atoms with van der Waals surface area (Å²) < 4.78 is 5.27. The van der Waals surface area contributed by atoms with Crippen LogP contribution in [0, 0.1) is 0 Å². The van der Waals surface area contributed by atoms with Crippen LogP contribution in [-0.4, -0.2) is 12.4 Å². The van der Waals surface area contributed by atoms with E-state index in [0.29, 0.717) is 0 Å². The van der Waals surface area contributed by atoms with E-state index >= 15 is 0 Å². The molecule has 60 valence electrons. The Hall–Kier alpha value is -0.630. The Labute approximate surface area is 71.8 Å². The van der Waals surface area contributed by atoms with E-state index in [1.165, 1.54) is 0 Å². The molecule has 0 aromatic heterocycles. The summed E-state index contributed by atoms with van der Waals surface area (Å²) in [4.78, 5) is 1.11. The van der Waals surface area contributed by atoms with Gasteiger partial charge in [0.15, 0.2) is 0 Å². The molecule has 0 saturated carbocycles. The molecule has 0 amide bonds. The molecule has 2 heteroatoms. The molecule has 0 bridgehead atoms. The van der Waals surface area contributed by atoms with Crippen LogP contribution in [0.25, 0.3) is 0 Å². The summed E-state index contributed by atoms with van der Waals surface area (Å²) in [7, 11) is 0. The number of hydrogen-bond acceptors (Lipinski definition) is 2. The molecule has 1 heterocycles. The quantitative estimate of drug-likeness (QED) is 0.595. The molecule has 0 aliphatic carbocycles. The van der Waals surface area contributed by atoms with Gasteiger partial charge in [-0.3, -0.25) is 0 Å². The Balaban J connectivity index is 2.68. The minimum Gasteiger partial charge on any atom is -0.492 e. The van der Waals surface area contributed by atoms with E-state index in [-0.39, 0.29) is 0 Å². The number of allylic oxidation sites excluding steroid dienone is 2. The molecule has 1 rings (SSSR count). The molecule has 0 aromatic rings. The lowest BCUT2D eigenvalue weighted by molar-refractivity contribution is 0.241. The van der Waals surface area contributed by atoms with Crippen molar-refractivity contribution >= 4 is 11.8 Å². The van der Waals surface area contributed by atoms with Crippen molar-refractivity contribution in [2.24, 2.45) is 0 Å². The Bertz CT molecular complexity index is 216. The van der Waals surface area contributed by atoms with Gasteiger partial charge in [-0.1, -0.05) is 18.7 Å². The molecule has 0 atom stereocenters. The Kier molecular flexibility index (Phi) is 2.83. The summed E-state index contributed by atoms with van der Waals surface area (Å²) >= 11 is 1.78. The van der Waals surface area contributed by atoms with Gasteiger partial charge in [0.2, 0.25) is 0 Å². The van der Waals surface area contributed by atoms with Crippen molar-refractivity contribution < 1.29 is 4.74 Å². The van der Waals surface area contributed by atoms with Gasteiger partial charge >= 0.3 is 0 Å². The zero-order valence-electron chi connectivity index (χ0n) is 6.72. The van der Waals surface area contributed by atoms with E-state index in [2.05, 4.69) is 13.2 Å². The highest BCUT2D eigenvalue weighted by atomic mass is 32.2. The normalized spacial score (nSPS) is 21.5. The lowest BCUT2D eigenvalue weighted by Crippen LogP contribution is -2.05. The van der Waals surface area contributed by atoms with E-state index in [1.807, 2.05) is 13.0 Å². The maximum atomic E-state index is 5.27.